The summed E-state index contributed by atoms with van der Waals surface area (Å²) in [4.78, 5) is 0. The fourth-order valence-corrected chi connectivity index (χ4v) is 3.29. The van der Waals surface area contributed by atoms with Crippen LogP contribution in [-0.2, 0) is 4.57 Å². The lowest BCUT2D eigenvalue weighted by atomic mass is 9.46. The van der Waals surface area contributed by atoms with Gasteiger partial charge in [-0.1, -0.05) is 27.2 Å². The van der Waals surface area contributed by atoms with Gasteiger partial charge in [0.15, 0.2) is 0 Å². The van der Waals surface area contributed by atoms with Gasteiger partial charge in [-0.3, -0.25) is 0 Å². The van der Waals surface area contributed by atoms with Crippen LogP contribution in [0.4, 0.5) is 0 Å². The van der Waals surface area contributed by atoms with Gasteiger partial charge in [-0.2, -0.15) is 0 Å². The average molecular weight is 244 g/mol. The second kappa shape index (κ2) is 5.71. The summed E-state index contributed by atoms with van der Waals surface area (Å²) in [5.41, 5.74) is 0.706. The largest absolute Gasteiger partial charge is 0.621 e. The molecule has 0 aromatic carbocycles. The van der Waals surface area contributed by atoms with Crippen LogP contribution in [0, 0.1) is 23.2 Å². The van der Waals surface area contributed by atoms with Crippen LogP contribution in [0.1, 0.15) is 40.0 Å². The quantitative estimate of drug-likeness (QED) is 0.514. The van der Waals surface area contributed by atoms with E-state index in [-0.39, 0.29) is 0 Å². The second-order valence-electron chi connectivity index (χ2n) is 5.70. The molecule has 0 aliphatic heterocycles. The van der Waals surface area contributed by atoms with Crippen molar-refractivity contribution in [2.45, 2.75) is 40.0 Å². The minimum Gasteiger partial charge on any atom is -0.402 e. The molecule has 3 saturated carbocycles. The van der Waals surface area contributed by atoms with Gasteiger partial charge < -0.3 is 24.7 Å². The Morgan fingerprint density at radius 1 is 1.06 bits per heavy atom. The van der Waals surface area contributed by atoms with Crippen LogP contribution in [0.5, 0.6) is 0 Å². The van der Waals surface area contributed by atoms with E-state index in [1.165, 1.54) is 19.3 Å². The highest BCUT2D eigenvalue weighted by molar-refractivity contribution is 6.48. The molecule has 98 valence electrons. The van der Waals surface area contributed by atoms with E-state index in [9.17, 15) is 0 Å². The van der Waals surface area contributed by atoms with Crippen molar-refractivity contribution in [2.24, 2.45) is 23.2 Å². The van der Waals surface area contributed by atoms with E-state index in [0.717, 1.165) is 17.8 Å². The van der Waals surface area contributed by atoms with Crippen molar-refractivity contribution in [3.05, 3.63) is 0 Å². The Hall–Kier alpha value is -0.0701. The van der Waals surface area contributed by atoms with E-state index < -0.39 is 14.6 Å². The van der Waals surface area contributed by atoms with E-state index in [1.54, 1.807) is 0 Å². The van der Waals surface area contributed by atoms with E-state index in [0.29, 0.717) is 5.41 Å². The lowest BCUT2D eigenvalue weighted by Crippen LogP contribution is -2.51. The minimum absolute atomic E-state index is 0.706. The van der Waals surface area contributed by atoms with Gasteiger partial charge in [0.25, 0.3) is 0 Å². The highest BCUT2D eigenvalue weighted by Gasteiger charge is 2.52. The van der Waals surface area contributed by atoms with Gasteiger partial charge in [-0.05, 0) is 36.0 Å². The van der Waals surface area contributed by atoms with Crippen LogP contribution >= 0.6 is 0 Å². The maximum Gasteiger partial charge on any atom is 0.621 e. The highest BCUT2D eigenvalue weighted by atomic mass is 16.7. The van der Waals surface area contributed by atoms with Gasteiger partial charge in [0, 0.05) is 0 Å². The van der Waals surface area contributed by atoms with Crippen molar-refractivity contribution in [3.63, 3.8) is 0 Å². The Bertz CT molecular complexity index is 239. The summed E-state index contributed by atoms with van der Waals surface area (Å²) in [6, 6.07) is 0. The molecule has 3 unspecified atom stereocenters. The Labute approximate surface area is 103 Å². The molecule has 4 N–H and O–H groups in total. The maximum absolute atomic E-state index is 7.74. The molecule has 3 fully saturated rings. The van der Waals surface area contributed by atoms with Gasteiger partial charge in [-0.25, -0.2) is 0 Å². The predicted molar refractivity (Wildman–Crippen MR) is 65.2 cm³/mol. The minimum atomic E-state index is -2.13. The first-order chi connectivity index (χ1) is 7.75. The van der Waals surface area contributed by atoms with E-state index >= 15 is 0 Å². The van der Waals surface area contributed by atoms with Crippen molar-refractivity contribution >= 4 is 14.6 Å². The third kappa shape index (κ3) is 3.69. The first kappa shape index (κ1) is 15.0. The molecule has 3 atom stereocenters. The SMILES string of the molecule is CC1CCC2CC1C2(C)C.OB(O)OB(O)O. The Balaban J connectivity index is 0.000000185. The molecule has 0 aromatic heterocycles. The van der Waals surface area contributed by atoms with Crippen LogP contribution in [-0.4, -0.2) is 34.7 Å². The molecule has 0 aromatic rings. The van der Waals surface area contributed by atoms with Gasteiger partial charge in [0.05, 0.1) is 0 Å². The number of hydrogen-bond donors (Lipinski definition) is 4. The Morgan fingerprint density at radius 2 is 1.59 bits per heavy atom. The second-order valence-corrected chi connectivity index (χ2v) is 5.70. The van der Waals surface area contributed by atoms with E-state index in [2.05, 4.69) is 25.3 Å². The molecule has 3 rings (SSSR count). The lowest BCUT2D eigenvalue weighted by Gasteiger charge is -2.59. The third-order valence-corrected chi connectivity index (χ3v) is 4.45. The first-order valence-electron chi connectivity index (χ1n) is 6.13. The molecule has 7 heteroatoms. The summed E-state index contributed by atoms with van der Waals surface area (Å²) in [6.07, 6.45) is 4.54. The molecule has 0 amide bonds. The van der Waals surface area contributed by atoms with E-state index in [4.69, 9.17) is 20.1 Å². The highest BCUT2D eigenvalue weighted by Crippen LogP contribution is 2.61. The fourth-order valence-electron chi connectivity index (χ4n) is 3.29. The lowest BCUT2D eigenvalue weighted by molar-refractivity contribution is -0.0988. The zero-order valence-corrected chi connectivity index (χ0v) is 10.7. The normalized spacial score (nSPS) is 33.0. The molecule has 17 heavy (non-hydrogen) atoms. The van der Waals surface area contributed by atoms with Gasteiger partial charge in [-0.15, -0.1) is 0 Å². The molecule has 0 radical (unpaired) electrons. The van der Waals surface area contributed by atoms with Gasteiger partial charge >= 0.3 is 14.6 Å². The van der Waals surface area contributed by atoms with Crippen molar-refractivity contribution in [3.8, 4) is 0 Å². The summed E-state index contributed by atoms with van der Waals surface area (Å²) in [5, 5.41) is 30.9. The smallest absolute Gasteiger partial charge is 0.402 e. The van der Waals surface area contributed by atoms with Crippen LogP contribution < -0.4 is 0 Å². The molecule has 3 aliphatic rings. The molecule has 0 heterocycles. The standard InChI is InChI=1S/C10H18.B2H4O5/c1-7-4-5-8-6-9(7)10(8,2)3;3-1(4)7-2(5)6/h7-9H,4-6H2,1-3H3;3-6H. The predicted octanol–water partition coefficient (Wildman–Crippen LogP) is 0.0206. The molecule has 5 nitrogen and oxygen atoms in total. The summed E-state index contributed by atoms with van der Waals surface area (Å²) in [6.45, 7) is 7.35. The Kier molecular flexibility index (Phi) is 5.04. The zero-order chi connectivity index (χ0) is 13.2. The maximum atomic E-state index is 7.74. The van der Waals surface area contributed by atoms with Crippen molar-refractivity contribution in [2.75, 3.05) is 0 Å². The summed E-state index contributed by atoms with van der Waals surface area (Å²) in [5.74, 6) is 3.15. The van der Waals surface area contributed by atoms with Crippen molar-refractivity contribution < 1.29 is 24.7 Å². The number of hydrogen-bond acceptors (Lipinski definition) is 5. The first-order valence-corrected chi connectivity index (χ1v) is 6.13. The van der Waals surface area contributed by atoms with E-state index in [1.807, 2.05) is 0 Å². The molecule has 0 spiro atoms. The average Bonchev–Trinajstić information content (AvgIpc) is 2.15. The number of fused-ring (bicyclic) bond motifs is 2. The van der Waals surface area contributed by atoms with Crippen molar-refractivity contribution in [1.29, 1.82) is 0 Å². The third-order valence-electron chi connectivity index (χ3n) is 4.45. The van der Waals surface area contributed by atoms with Gasteiger partial charge in [0.2, 0.25) is 0 Å². The fraction of sp³-hybridized carbons (Fsp3) is 1.00. The molecular weight excluding hydrogens is 222 g/mol. The molecule has 2 bridgehead atoms. The molecular formula is C10H22B2O5. The summed E-state index contributed by atoms with van der Waals surface area (Å²) < 4.78 is 3.47. The van der Waals surface area contributed by atoms with Crippen LogP contribution in [0.15, 0.2) is 0 Å². The van der Waals surface area contributed by atoms with Gasteiger partial charge in [0.1, 0.15) is 0 Å². The summed E-state index contributed by atoms with van der Waals surface area (Å²) >= 11 is 0. The van der Waals surface area contributed by atoms with Crippen molar-refractivity contribution in [1.82, 2.24) is 0 Å². The number of rotatable bonds is 2. The Morgan fingerprint density at radius 3 is 1.76 bits per heavy atom. The zero-order valence-electron chi connectivity index (χ0n) is 10.7. The summed E-state index contributed by atoms with van der Waals surface area (Å²) in [7, 11) is -4.25. The van der Waals surface area contributed by atoms with Crippen LogP contribution in [0.3, 0.4) is 0 Å². The monoisotopic (exact) mass is 244 g/mol. The van der Waals surface area contributed by atoms with Crippen LogP contribution in [0.2, 0.25) is 0 Å². The van der Waals surface area contributed by atoms with Crippen LogP contribution in [0.25, 0.3) is 0 Å². The molecule has 3 aliphatic carbocycles. The molecule has 0 saturated heterocycles. The topological polar surface area (TPSA) is 90.2 Å².